The Hall–Kier alpha value is -1.47. The van der Waals surface area contributed by atoms with Gasteiger partial charge in [0.2, 0.25) is 10.0 Å². The first-order valence-corrected chi connectivity index (χ1v) is 6.57. The first-order chi connectivity index (χ1) is 7.73. The Balaban J connectivity index is 3.49. The lowest BCUT2D eigenvalue weighted by atomic mass is 10.0. The molecule has 7 heteroatoms. The van der Waals surface area contributed by atoms with Crippen molar-refractivity contribution < 1.29 is 13.3 Å². The van der Waals surface area contributed by atoms with Gasteiger partial charge in [0.25, 0.3) is 5.69 Å². The highest BCUT2D eigenvalue weighted by Gasteiger charge is 2.26. The topological polar surface area (TPSA) is 103 Å². The van der Waals surface area contributed by atoms with Crippen molar-refractivity contribution >= 4 is 15.7 Å². The predicted octanol–water partition coefficient (Wildman–Crippen LogP) is 1.44. The minimum atomic E-state index is -4.08. The summed E-state index contributed by atoms with van der Waals surface area (Å²) >= 11 is 0. The lowest BCUT2D eigenvalue weighted by Crippen LogP contribution is -2.15. The van der Waals surface area contributed by atoms with Gasteiger partial charge in [0.1, 0.15) is 0 Å². The van der Waals surface area contributed by atoms with Gasteiger partial charge in [0, 0.05) is 5.56 Å². The fraction of sp³-hybridized carbons (Fsp3) is 0.400. The third-order valence-corrected chi connectivity index (χ3v) is 3.14. The van der Waals surface area contributed by atoms with Crippen LogP contribution >= 0.6 is 0 Å². The van der Waals surface area contributed by atoms with Crippen molar-refractivity contribution in [2.45, 2.75) is 25.2 Å². The third kappa shape index (κ3) is 3.24. The Kier molecular flexibility index (Phi) is 3.84. The Morgan fingerprint density at radius 3 is 2.41 bits per heavy atom. The van der Waals surface area contributed by atoms with Crippen molar-refractivity contribution in [3.63, 3.8) is 0 Å². The van der Waals surface area contributed by atoms with E-state index in [1.54, 1.807) is 6.07 Å². The molecule has 0 unspecified atom stereocenters. The molecule has 0 heterocycles. The van der Waals surface area contributed by atoms with Crippen molar-refractivity contribution in [3.05, 3.63) is 33.9 Å². The second-order valence-corrected chi connectivity index (χ2v) is 5.69. The van der Waals surface area contributed by atoms with Crippen LogP contribution in [0, 0.1) is 16.0 Å². The van der Waals surface area contributed by atoms with Crippen LogP contribution in [0.4, 0.5) is 5.69 Å². The molecule has 0 aliphatic carbocycles. The quantitative estimate of drug-likeness (QED) is 0.651. The number of sulfonamides is 1. The molecular weight excluding hydrogens is 244 g/mol. The fourth-order valence-electron chi connectivity index (χ4n) is 1.61. The van der Waals surface area contributed by atoms with Crippen LogP contribution in [0.25, 0.3) is 0 Å². The number of nitrogens with two attached hydrogens (primary N) is 1. The maximum atomic E-state index is 11.3. The molecule has 0 aromatic heterocycles. The van der Waals surface area contributed by atoms with Crippen LogP contribution in [-0.2, 0) is 16.4 Å². The van der Waals surface area contributed by atoms with Crippen LogP contribution in [0.2, 0.25) is 0 Å². The number of nitro groups is 1. The number of primary sulfonamides is 1. The average molecular weight is 258 g/mol. The molecule has 0 fully saturated rings. The lowest BCUT2D eigenvalue weighted by Gasteiger charge is -2.08. The van der Waals surface area contributed by atoms with Crippen molar-refractivity contribution in [2.24, 2.45) is 11.1 Å². The molecule has 0 spiro atoms. The van der Waals surface area contributed by atoms with E-state index in [0.29, 0.717) is 12.0 Å². The molecule has 0 amide bonds. The monoisotopic (exact) mass is 258 g/mol. The molecule has 6 nitrogen and oxygen atoms in total. The van der Waals surface area contributed by atoms with Crippen LogP contribution in [0.15, 0.2) is 23.1 Å². The fourth-order valence-corrected chi connectivity index (χ4v) is 2.35. The first kappa shape index (κ1) is 13.6. The summed E-state index contributed by atoms with van der Waals surface area (Å²) in [5.41, 5.74) is -0.0276. The molecule has 94 valence electrons. The number of nitrogens with zero attached hydrogens (tertiary/aromatic N) is 1. The van der Waals surface area contributed by atoms with Crippen molar-refractivity contribution in [1.29, 1.82) is 0 Å². The smallest absolute Gasteiger partial charge is 0.258 e. The zero-order valence-corrected chi connectivity index (χ0v) is 10.4. The molecule has 17 heavy (non-hydrogen) atoms. The van der Waals surface area contributed by atoms with E-state index in [0.717, 1.165) is 6.07 Å². The van der Waals surface area contributed by atoms with Crippen LogP contribution < -0.4 is 5.14 Å². The van der Waals surface area contributed by atoms with Gasteiger partial charge in [0.15, 0.2) is 4.90 Å². The summed E-state index contributed by atoms with van der Waals surface area (Å²) in [5.74, 6) is 0.185. The second-order valence-electron chi connectivity index (χ2n) is 4.16. The van der Waals surface area contributed by atoms with Gasteiger partial charge < -0.3 is 0 Å². The number of hydrogen-bond acceptors (Lipinski definition) is 4. The van der Waals surface area contributed by atoms with Crippen molar-refractivity contribution in [1.82, 2.24) is 0 Å². The van der Waals surface area contributed by atoms with Crippen LogP contribution in [0.3, 0.4) is 0 Å². The van der Waals surface area contributed by atoms with E-state index in [2.05, 4.69) is 0 Å². The van der Waals surface area contributed by atoms with Gasteiger partial charge >= 0.3 is 0 Å². The van der Waals surface area contributed by atoms with Gasteiger partial charge in [-0.3, -0.25) is 10.1 Å². The SMILES string of the molecule is CC(C)Cc1cccc(S(N)(=O)=O)c1[N+](=O)[O-]. The average Bonchev–Trinajstić information content (AvgIpc) is 2.14. The van der Waals surface area contributed by atoms with Crippen LogP contribution in [0.1, 0.15) is 19.4 Å². The molecule has 1 rings (SSSR count). The molecule has 0 saturated carbocycles. The number of rotatable bonds is 4. The van der Waals surface area contributed by atoms with Crippen molar-refractivity contribution in [3.8, 4) is 0 Å². The van der Waals surface area contributed by atoms with E-state index in [-0.39, 0.29) is 5.92 Å². The largest absolute Gasteiger partial charge is 0.292 e. The van der Waals surface area contributed by atoms with E-state index in [9.17, 15) is 18.5 Å². The normalized spacial score (nSPS) is 11.8. The summed E-state index contributed by atoms with van der Waals surface area (Å²) in [6.45, 7) is 3.79. The molecule has 2 N–H and O–H groups in total. The summed E-state index contributed by atoms with van der Waals surface area (Å²) in [7, 11) is -4.08. The van der Waals surface area contributed by atoms with Gasteiger partial charge in [-0.25, -0.2) is 13.6 Å². The molecular formula is C10H14N2O4S. The minimum Gasteiger partial charge on any atom is -0.258 e. The number of nitro benzene ring substituents is 1. The lowest BCUT2D eigenvalue weighted by molar-refractivity contribution is -0.388. The van der Waals surface area contributed by atoms with E-state index in [4.69, 9.17) is 5.14 Å². The van der Waals surface area contributed by atoms with E-state index >= 15 is 0 Å². The summed E-state index contributed by atoms with van der Waals surface area (Å²) in [4.78, 5) is 9.83. The van der Waals surface area contributed by atoms with Crippen LogP contribution in [-0.4, -0.2) is 13.3 Å². The summed E-state index contributed by atoms with van der Waals surface area (Å²) in [6.07, 6.45) is 0.430. The molecule has 0 aliphatic heterocycles. The van der Waals surface area contributed by atoms with Gasteiger partial charge in [0.05, 0.1) is 4.92 Å². The maximum Gasteiger partial charge on any atom is 0.292 e. The zero-order chi connectivity index (χ0) is 13.2. The number of hydrogen-bond donors (Lipinski definition) is 1. The van der Waals surface area contributed by atoms with Gasteiger partial charge in [-0.15, -0.1) is 0 Å². The van der Waals surface area contributed by atoms with E-state index in [1.165, 1.54) is 6.07 Å². The molecule has 0 aliphatic rings. The van der Waals surface area contributed by atoms with Gasteiger partial charge in [-0.2, -0.15) is 0 Å². The van der Waals surface area contributed by atoms with E-state index in [1.807, 2.05) is 13.8 Å². The standard InChI is InChI=1S/C10H14N2O4S/c1-7(2)6-8-4-3-5-9(17(11,15)16)10(8)12(13)14/h3-5,7H,6H2,1-2H3,(H2,11,15,16). The summed E-state index contributed by atoms with van der Waals surface area (Å²) in [6, 6.07) is 4.16. The maximum absolute atomic E-state index is 11.3. The Morgan fingerprint density at radius 2 is 2.00 bits per heavy atom. The van der Waals surface area contributed by atoms with Crippen LogP contribution in [0.5, 0.6) is 0 Å². The molecule has 1 aromatic carbocycles. The first-order valence-electron chi connectivity index (χ1n) is 5.02. The van der Waals surface area contributed by atoms with E-state index < -0.39 is 25.5 Å². The number of benzene rings is 1. The van der Waals surface area contributed by atoms with Crippen molar-refractivity contribution in [2.75, 3.05) is 0 Å². The summed E-state index contributed by atoms with van der Waals surface area (Å²) < 4.78 is 22.5. The third-order valence-electron chi connectivity index (χ3n) is 2.20. The predicted molar refractivity (Wildman–Crippen MR) is 63.0 cm³/mol. The number of para-hydroxylation sites is 1. The minimum absolute atomic E-state index is 0.185. The highest BCUT2D eigenvalue weighted by Crippen LogP contribution is 2.28. The Bertz CT molecular complexity index is 537. The molecule has 1 aromatic rings. The molecule has 0 atom stereocenters. The Morgan fingerprint density at radius 1 is 1.41 bits per heavy atom. The zero-order valence-electron chi connectivity index (χ0n) is 9.58. The highest BCUT2D eigenvalue weighted by atomic mass is 32.2. The Labute approximate surface area is 99.6 Å². The summed E-state index contributed by atoms with van der Waals surface area (Å²) in [5, 5.41) is 15.9. The molecule has 0 saturated heterocycles. The van der Waals surface area contributed by atoms with Gasteiger partial charge in [-0.1, -0.05) is 26.0 Å². The molecule has 0 radical (unpaired) electrons. The molecule has 0 bridgehead atoms. The second kappa shape index (κ2) is 4.80. The van der Waals surface area contributed by atoms with Gasteiger partial charge in [-0.05, 0) is 18.4 Å². The highest BCUT2D eigenvalue weighted by molar-refractivity contribution is 7.89.